The van der Waals surface area contributed by atoms with E-state index in [1.165, 1.54) is 11.1 Å². The zero-order valence-corrected chi connectivity index (χ0v) is 23.4. The number of nitrogens with zero attached hydrogens (tertiary/aromatic N) is 5. The summed E-state index contributed by atoms with van der Waals surface area (Å²) in [6, 6.07) is 45.0. The number of fused-ring (bicyclic) bond motifs is 2. The standard InChI is InChI=1S/C37H27N5/c1-37(2)29-17-9-11-19-32(29)42(33-20-12-10-18-30(33)37)31-22-21-25(24-38)23-28(31)36-40-34(26-13-5-3-6-14-26)39-35(41-36)27-15-7-4-8-16-27/h3-23H,1-2H3. The molecule has 0 N–H and O–H groups in total. The molecule has 0 aliphatic carbocycles. The van der Waals surface area contributed by atoms with Crippen molar-refractivity contribution in [2.45, 2.75) is 19.3 Å². The first-order valence-corrected chi connectivity index (χ1v) is 14.0. The first-order chi connectivity index (χ1) is 20.5. The van der Waals surface area contributed by atoms with Crippen molar-refractivity contribution in [1.82, 2.24) is 15.0 Å². The molecule has 7 rings (SSSR count). The highest BCUT2D eigenvalue weighted by Gasteiger charge is 2.37. The Morgan fingerprint density at radius 3 is 1.55 bits per heavy atom. The molecule has 0 saturated heterocycles. The summed E-state index contributed by atoms with van der Waals surface area (Å²) in [5.74, 6) is 1.66. The van der Waals surface area contributed by atoms with Crippen LogP contribution in [0.1, 0.15) is 30.5 Å². The van der Waals surface area contributed by atoms with E-state index in [0.29, 0.717) is 23.0 Å². The van der Waals surface area contributed by atoms with E-state index in [1.807, 2.05) is 78.9 Å². The van der Waals surface area contributed by atoms with Crippen molar-refractivity contribution in [3.05, 3.63) is 144 Å². The van der Waals surface area contributed by atoms with E-state index >= 15 is 0 Å². The average Bonchev–Trinajstić information content (AvgIpc) is 3.05. The highest BCUT2D eigenvalue weighted by atomic mass is 15.2. The minimum atomic E-state index is -0.190. The Kier molecular flexibility index (Phi) is 6.10. The van der Waals surface area contributed by atoms with Gasteiger partial charge in [-0.1, -0.05) is 111 Å². The normalized spacial score (nSPS) is 13.1. The Morgan fingerprint density at radius 1 is 0.548 bits per heavy atom. The molecular formula is C37H27N5. The topological polar surface area (TPSA) is 65.7 Å². The number of anilines is 3. The number of hydrogen-bond acceptors (Lipinski definition) is 5. The zero-order valence-electron chi connectivity index (χ0n) is 23.4. The van der Waals surface area contributed by atoms with Crippen LogP contribution in [0.15, 0.2) is 127 Å². The summed E-state index contributed by atoms with van der Waals surface area (Å²) >= 11 is 0. The fraction of sp³-hybridized carbons (Fsp3) is 0.0811. The van der Waals surface area contributed by atoms with Gasteiger partial charge in [0, 0.05) is 22.1 Å². The molecule has 5 heteroatoms. The van der Waals surface area contributed by atoms with Gasteiger partial charge in [-0.05, 0) is 41.5 Å². The Labute approximate surface area is 245 Å². The molecule has 6 aromatic rings. The van der Waals surface area contributed by atoms with Crippen LogP contribution in [0, 0.1) is 11.3 Å². The van der Waals surface area contributed by atoms with Crippen molar-refractivity contribution in [3.63, 3.8) is 0 Å². The van der Waals surface area contributed by atoms with Gasteiger partial charge in [-0.15, -0.1) is 0 Å². The molecule has 0 amide bonds. The van der Waals surface area contributed by atoms with E-state index in [2.05, 4.69) is 73.3 Å². The van der Waals surface area contributed by atoms with Crippen LogP contribution in [-0.4, -0.2) is 15.0 Å². The molecule has 1 aliphatic rings. The average molecular weight is 542 g/mol. The van der Waals surface area contributed by atoms with Crippen LogP contribution in [-0.2, 0) is 5.41 Å². The van der Waals surface area contributed by atoms with E-state index in [9.17, 15) is 5.26 Å². The molecule has 0 radical (unpaired) electrons. The third-order valence-corrected chi connectivity index (χ3v) is 7.94. The van der Waals surface area contributed by atoms with Crippen LogP contribution < -0.4 is 4.90 Å². The first-order valence-electron chi connectivity index (χ1n) is 14.0. The highest BCUT2D eigenvalue weighted by Crippen LogP contribution is 2.53. The van der Waals surface area contributed by atoms with E-state index < -0.39 is 0 Å². The Balaban J connectivity index is 1.52. The molecule has 0 saturated carbocycles. The van der Waals surface area contributed by atoms with Gasteiger partial charge in [0.1, 0.15) is 0 Å². The van der Waals surface area contributed by atoms with Crippen molar-refractivity contribution in [2.24, 2.45) is 0 Å². The zero-order chi connectivity index (χ0) is 28.7. The molecule has 200 valence electrons. The van der Waals surface area contributed by atoms with Gasteiger partial charge in [0.15, 0.2) is 17.5 Å². The van der Waals surface area contributed by atoms with Gasteiger partial charge in [-0.3, -0.25) is 0 Å². The first kappa shape index (κ1) is 25.4. The van der Waals surface area contributed by atoms with E-state index in [-0.39, 0.29) is 5.41 Å². The Bertz CT molecular complexity index is 1870. The fourth-order valence-corrected chi connectivity index (χ4v) is 5.84. The number of hydrogen-bond donors (Lipinski definition) is 0. The third kappa shape index (κ3) is 4.22. The van der Waals surface area contributed by atoms with Crippen LogP contribution in [0.5, 0.6) is 0 Å². The molecule has 2 heterocycles. The fourth-order valence-electron chi connectivity index (χ4n) is 5.84. The van der Waals surface area contributed by atoms with Gasteiger partial charge in [-0.2, -0.15) is 5.26 Å². The second kappa shape index (κ2) is 10.1. The Morgan fingerprint density at radius 2 is 1.02 bits per heavy atom. The van der Waals surface area contributed by atoms with E-state index in [1.54, 1.807) is 0 Å². The quantitative estimate of drug-likeness (QED) is 0.223. The molecule has 0 atom stereocenters. The van der Waals surface area contributed by atoms with Crippen molar-refractivity contribution < 1.29 is 0 Å². The van der Waals surface area contributed by atoms with Gasteiger partial charge in [-0.25, -0.2) is 15.0 Å². The molecule has 1 aromatic heterocycles. The van der Waals surface area contributed by atoms with Crippen LogP contribution in [0.4, 0.5) is 17.1 Å². The molecule has 42 heavy (non-hydrogen) atoms. The van der Waals surface area contributed by atoms with Gasteiger partial charge in [0.2, 0.25) is 0 Å². The molecule has 5 nitrogen and oxygen atoms in total. The van der Waals surface area contributed by atoms with E-state index in [0.717, 1.165) is 33.8 Å². The molecule has 0 unspecified atom stereocenters. The van der Waals surface area contributed by atoms with Gasteiger partial charge >= 0.3 is 0 Å². The van der Waals surface area contributed by atoms with Crippen LogP contribution >= 0.6 is 0 Å². The Hall–Kier alpha value is -5.60. The molecule has 0 spiro atoms. The van der Waals surface area contributed by atoms with Crippen LogP contribution in [0.3, 0.4) is 0 Å². The lowest BCUT2D eigenvalue weighted by Crippen LogP contribution is -2.30. The molecule has 5 aromatic carbocycles. The summed E-state index contributed by atoms with van der Waals surface area (Å²) in [6.45, 7) is 4.54. The highest BCUT2D eigenvalue weighted by molar-refractivity contribution is 5.92. The van der Waals surface area contributed by atoms with Crippen molar-refractivity contribution in [3.8, 4) is 40.2 Å². The number of benzene rings is 5. The van der Waals surface area contributed by atoms with Gasteiger partial charge < -0.3 is 4.90 Å². The third-order valence-electron chi connectivity index (χ3n) is 7.94. The minimum absolute atomic E-state index is 0.190. The summed E-state index contributed by atoms with van der Waals surface area (Å²) in [4.78, 5) is 17.2. The second-order valence-corrected chi connectivity index (χ2v) is 10.9. The number of para-hydroxylation sites is 2. The van der Waals surface area contributed by atoms with Gasteiger partial charge in [0.05, 0.1) is 28.7 Å². The SMILES string of the molecule is CC1(C)c2ccccc2N(c2ccc(C#N)cc2-c2nc(-c3ccccc3)nc(-c3ccccc3)n2)c2ccccc21. The summed E-state index contributed by atoms with van der Waals surface area (Å²) in [7, 11) is 0. The summed E-state index contributed by atoms with van der Waals surface area (Å²) in [6.07, 6.45) is 0. The molecule has 0 bridgehead atoms. The van der Waals surface area contributed by atoms with E-state index in [4.69, 9.17) is 15.0 Å². The number of rotatable bonds is 4. The number of nitriles is 1. The maximum Gasteiger partial charge on any atom is 0.166 e. The molecular weight excluding hydrogens is 514 g/mol. The minimum Gasteiger partial charge on any atom is -0.309 e. The van der Waals surface area contributed by atoms with Crippen LogP contribution in [0.25, 0.3) is 34.2 Å². The molecule has 0 fully saturated rings. The lowest BCUT2D eigenvalue weighted by molar-refractivity contribution is 0.632. The predicted molar refractivity (Wildman–Crippen MR) is 168 cm³/mol. The maximum atomic E-state index is 9.94. The van der Waals surface area contributed by atoms with Crippen molar-refractivity contribution in [1.29, 1.82) is 5.26 Å². The van der Waals surface area contributed by atoms with Gasteiger partial charge in [0.25, 0.3) is 0 Å². The lowest BCUT2D eigenvalue weighted by atomic mass is 9.73. The smallest absolute Gasteiger partial charge is 0.166 e. The second-order valence-electron chi connectivity index (χ2n) is 10.9. The summed E-state index contributed by atoms with van der Waals surface area (Å²) < 4.78 is 0. The van der Waals surface area contributed by atoms with Crippen molar-refractivity contribution in [2.75, 3.05) is 4.90 Å². The van der Waals surface area contributed by atoms with Crippen LogP contribution in [0.2, 0.25) is 0 Å². The largest absolute Gasteiger partial charge is 0.309 e. The number of aromatic nitrogens is 3. The predicted octanol–water partition coefficient (Wildman–Crippen LogP) is 8.85. The summed E-state index contributed by atoms with van der Waals surface area (Å²) in [5, 5.41) is 9.94. The maximum absolute atomic E-state index is 9.94. The monoisotopic (exact) mass is 541 g/mol. The summed E-state index contributed by atoms with van der Waals surface area (Å²) in [5.41, 5.74) is 8.43. The van der Waals surface area contributed by atoms with Crippen molar-refractivity contribution >= 4 is 17.1 Å². The lowest BCUT2D eigenvalue weighted by Gasteiger charge is -2.42. The molecule has 1 aliphatic heterocycles.